The van der Waals surface area contributed by atoms with E-state index in [2.05, 4.69) is 74.7 Å². The molecule has 0 aliphatic heterocycles. The van der Waals surface area contributed by atoms with Crippen LogP contribution in [0.1, 0.15) is 62.2 Å². The van der Waals surface area contributed by atoms with E-state index in [0.717, 1.165) is 41.9 Å². The summed E-state index contributed by atoms with van der Waals surface area (Å²) in [5.74, 6) is 0.530. The molecule has 166 valence electrons. The Hall–Kier alpha value is -2.79. The predicted octanol–water partition coefficient (Wildman–Crippen LogP) is 7.17. The molecule has 0 fully saturated rings. The molecule has 0 saturated heterocycles. The number of unbranched alkanes of at least 4 members (excludes halogenated alkanes) is 2. The fraction of sp³-hybridized carbons (Fsp3) is 0.370. The highest BCUT2D eigenvalue weighted by Gasteiger charge is 2.15. The molecule has 0 N–H and O–H groups in total. The van der Waals surface area contributed by atoms with Gasteiger partial charge < -0.3 is 0 Å². The Morgan fingerprint density at radius 3 is 2.28 bits per heavy atom. The molecule has 0 unspecified atom stereocenters. The summed E-state index contributed by atoms with van der Waals surface area (Å²) in [5.41, 5.74) is 6.79. The number of thiazole rings is 1. The van der Waals surface area contributed by atoms with Crippen LogP contribution in [0.3, 0.4) is 0 Å². The SMILES string of the molecule is CCn1nc(-c2ccccc2)c(-c2cccc(CCCCCc3csc(C(C)C)n3)c2)n1. The van der Waals surface area contributed by atoms with Crippen LogP contribution in [-0.2, 0) is 19.4 Å². The van der Waals surface area contributed by atoms with Crippen molar-refractivity contribution in [1.29, 1.82) is 0 Å². The normalized spacial score (nSPS) is 11.4. The molecule has 4 nitrogen and oxygen atoms in total. The lowest BCUT2D eigenvalue weighted by Gasteiger charge is -2.06. The highest BCUT2D eigenvalue weighted by atomic mass is 32.1. The number of hydrogen-bond acceptors (Lipinski definition) is 4. The van der Waals surface area contributed by atoms with Crippen LogP contribution < -0.4 is 0 Å². The van der Waals surface area contributed by atoms with Crippen molar-refractivity contribution in [3.8, 4) is 22.5 Å². The van der Waals surface area contributed by atoms with Gasteiger partial charge in [-0.2, -0.15) is 15.0 Å². The van der Waals surface area contributed by atoms with Crippen molar-refractivity contribution in [2.75, 3.05) is 0 Å². The minimum Gasteiger partial charge on any atom is -0.246 e. The molecule has 0 amide bonds. The molecule has 2 aromatic heterocycles. The number of benzene rings is 2. The van der Waals surface area contributed by atoms with Crippen LogP contribution in [0, 0.1) is 0 Å². The number of aromatic nitrogens is 4. The van der Waals surface area contributed by atoms with Crippen LogP contribution in [0.5, 0.6) is 0 Å². The lowest BCUT2D eigenvalue weighted by Crippen LogP contribution is -1.98. The number of nitrogens with zero attached hydrogens (tertiary/aromatic N) is 4. The van der Waals surface area contributed by atoms with Gasteiger partial charge in [-0.15, -0.1) is 11.3 Å². The summed E-state index contributed by atoms with van der Waals surface area (Å²) in [4.78, 5) is 6.54. The second kappa shape index (κ2) is 10.7. The molecule has 0 aliphatic rings. The lowest BCUT2D eigenvalue weighted by atomic mass is 10.00. The highest BCUT2D eigenvalue weighted by Crippen LogP contribution is 2.29. The average Bonchev–Trinajstić information content (AvgIpc) is 3.47. The molecule has 0 radical (unpaired) electrons. The first-order valence-corrected chi connectivity index (χ1v) is 12.6. The second-order valence-corrected chi connectivity index (χ2v) is 9.43. The predicted molar refractivity (Wildman–Crippen MR) is 134 cm³/mol. The maximum atomic E-state index is 4.77. The van der Waals surface area contributed by atoms with Crippen molar-refractivity contribution in [3.05, 3.63) is 76.2 Å². The average molecular weight is 445 g/mol. The monoisotopic (exact) mass is 444 g/mol. The molecule has 0 saturated carbocycles. The highest BCUT2D eigenvalue weighted by molar-refractivity contribution is 7.09. The number of aryl methyl sites for hydroxylation is 3. The standard InChI is InChI=1S/C27H32N4S/c1-4-31-29-25(22-14-8-6-9-15-22)26(30-31)23-16-11-13-21(18-23)12-7-5-10-17-24-19-32-27(28-24)20(2)3/h6,8-9,11,13-16,18-20H,4-5,7,10,12,17H2,1-3H3. The lowest BCUT2D eigenvalue weighted by molar-refractivity contribution is 0.572. The molecule has 2 heterocycles. The van der Waals surface area contributed by atoms with E-state index in [1.807, 2.05) is 6.07 Å². The zero-order valence-electron chi connectivity index (χ0n) is 19.3. The van der Waals surface area contributed by atoms with Crippen LogP contribution in [-0.4, -0.2) is 20.0 Å². The van der Waals surface area contributed by atoms with Gasteiger partial charge in [-0.25, -0.2) is 4.98 Å². The number of hydrogen-bond donors (Lipinski definition) is 0. The van der Waals surface area contributed by atoms with Gasteiger partial charge in [-0.3, -0.25) is 0 Å². The van der Waals surface area contributed by atoms with Crippen LogP contribution in [0.15, 0.2) is 60.0 Å². The summed E-state index contributed by atoms with van der Waals surface area (Å²) in [6.45, 7) is 7.26. The van der Waals surface area contributed by atoms with Gasteiger partial charge in [-0.1, -0.05) is 68.8 Å². The van der Waals surface area contributed by atoms with E-state index in [4.69, 9.17) is 15.2 Å². The Balaban J connectivity index is 1.38. The topological polar surface area (TPSA) is 43.6 Å². The first kappa shape index (κ1) is 22.4. The van der Waals surface area contributed by atoms with Crippen LogP contribution >= 0.6 is 11.3 Å². The third-order valence-electron chi connectivity index (χ3n) is 5.65. The van der Waals surface area contributed by atoms with Crippen molar-refractivity contribution >= 4 is 11.3 Å². The van der Waals surface area contributed by atoms with Crippen molar-refractivity contribution in [1.82, 2.24) is 20.0 Å². The molecule has 0 spiro atoms. The van der Waals surface area contributed by atoms with Gasteiger partial charge in [0.05, 0.1) is 17.2 Å². The molecule has 4 rings (SSSR count). The van der Waals surface area contributed by atoms with E-state index in [-0.39, 0.29) is 0 Å². The Morgan fingerprint density at radius 2 is 1.56 bits per heavy atom. The summed E-state index contributed by atoms with van der Waals surface area (Å²) in [7, 11) is 0. The molecular formula is C27H32N4S. The third kappa shape index (κ3) is 5.52. The summed E-state index contributed by atoms with van der Waals surface area (Å²) >= 11 is 1.80. The van der Waals surface area contributed by atoms with Crippen LogP contribution in [0.25, 0.3) is 22.5 Å². The van der Waals surface area contributed by atoms with Gasteiger partial charge in [0.25, 0.3) is 0 Å². The Labute approximate surface area is 195 Å². The Kier molecular flexibility index (Phi) is 7.48. The maximum Gasteiger partial charge on any atom is 0.121 e. The van der Waals surface area contributed by atoms with Crippen molar-refractivity contribution < 1.29 is 0 Å². The minimum absolute atomic E-state index is 0.530. The van der Waals surface area contributed by atoms with E-state index in [1.54, 1.807) is 16.1 Å². The van der Waals surface area contributed by atoms with Crippen molar-refractivity contribution in [2.45, 2.75) is 65.3 Å². The third-order valence-corrected chi connectivity index (χ3v) is 6.84. The van der Waals surface area contributed by atoms with Crippen LogP contribution in [0.4, 0.5) is 0 Å². The van der Waals surface area contributed by atoms with E-state index in [1.165, 1.54) is 35.5 Å². The quantitative estimate of drug-likeness (QED) is 0.244. The van der Waals surface area contributed by atoms with Gasteiger partial charge >= 0.3 is 0 Å². The van der Waals surface area contributed by atoms with Gasteiger partial charge in [0, 0.05) is 22.4 Å². The minimum atomic E-state index is 0.530. The van der Waals surface area contributed by atoms with Crippen molar-refractivity contribution in [2.24, 2.45) is 0 Å². The molecule has 2 aromatic carbocycles. The van der Waals surface area contributed by atoms with Gasteiger partial charge in [0.15, 0.2) is 0 Å². The second-order valence-electron chi connectivity index (χ2n) is 8.54. The zero-order valence-corrected chi connectivity index (χ0v) is 20.1. The van der Waals surface area contributed by atoms with E-state index < -0.39 is 0 Å². The summed E-state index contributed by atoms with van der Waals surface area (Å²) in [5, 5.41) is 13.0. The molecular weight excluding hydrogens is 412 g/mol. The van der Waals surface area contributed by atoms with Crippen LogP contribution in [0.2, 0.25) is 0 Å². The Morgan fingerprint density at radius 1 is 0.844 bits per heavy atom. The molecule has 5 heteroatoms. The first-order chi connectivity index (χ1) is 15.6. The van der Waals surface area contributed by atoms with E-state index >= 15 is 0 Å². The summed E-state index contributed by atoms with van der Waals surface area (Å²) in [6.07, 6.45) is 5.79. The smallest absolute Gasteiger partial charge is 0.121 e. The molecule has 0 aliphatic carbocycles. The first-order valence-electron chi connectivity index (χ1n) is 11.7. The molecule has 0 atom stereocenters. The number of rotatable bonds is 10. The zero-order chi connectivity index (χ0) is 22.3. The fourth-order valence-corrected chi connectivity index (χ4v) is 4.73. The van der Waals surface area contributed by atoms with Crippen molar-refractivity contribution in [3.63, 3.8) is 0 Å². The van der Waals surface area contributed by atoms with E-state index in [9.17, 15) is 0 Å². The molecule has 0 bridgehead atoms. The maximum absolute atomic E-state index is 4.77. The van der Waals surface area contributed by atoms with E-state index in [0.29, 0.717) is 5.92 Å². The van der Waals surface area contributed by atoms with Gasteiger partial charge in [-0.05, 0) is 44.2 Å². The molecule has 4 aromatic rings. The van der Waals surface area contributed by atoms with Gasteiger partial charge in [0.1, 0.15) is 11.4 Å². The summed E-state index contributed by atoms with van der Waals surface area (Å²) < 4.78 is 0. The summed E-state index contributed by atoms with van der Waals surface area (Å²) in [6, 6.07) is 19.1. The largest absolute Gasteiger partial charge is 0.246 e. The Bertz CT molecular complexity index is 1130. The van der Waals surface area contributed by atoms with Gasteiger partial charge in [0.2, 0.25) is 0 Å². The fourth-order valence-electron chi connectivity index (χ4n) is 3.86. The molecule has 32 heavy (non-hydrogen) atoms.